The number of rotatable bonds is 1. The fourth-order valence-corrected chi connectivity index (χ4v) is 3.40. The maximum atomic E-state index is 10.5. The van der Waals surface area contributed by atoms with Crippen LogP contribution in [0.15, 0.2) is 60.7 Å². The normalized spacial score (nSPS) is 27.8. The van der Waals surface area contributed by atoms with Crippen LogP contribution in [-0.2, 0) is 4.79 Å². The van der Waals surface area contributed by atoms with Crippen LogP contribution in [0.4, 0.5) is 0 Å². The molecule has 1 aliphatic carbocycles. The Morgan fingerprint density at radius 1 is 0.778 bits per heavy atom. The Morgan fingerprint density at radius 3 is 1.59 bits per heavy atom. The lowest BCUT2D eigenvalue weighted by Crippen LogP contribution is -2.56. The number of carboxylic acids is 1. The van der Waals surface area contributed by atoms with Crippen molar-refractivity contribution in [3.8, 4) is 0 Å². The molecule has 0 amide bonds. The van der Waals surface area contributed by atoms with E-state index in [4.69, 9.17) is 20.4 Å². The van der Waals surface area contributed by atoms with Gasteiger partial charge in [0.05, 0.1) is 12.2 Å². The van der Waals surface area contributed by atoms with Gasteiger partial charge >= 0.3 is 5.97 Å². The third kappa shape index (κ3) is 3.94. The van der Waals surface area contributed by atoms with E-state index in [-0.39, 0.29) is 0 Å². The molecular weight excluding hydrogens is 348 g/mol. The predicted molar refractivity (Wildman–Crippen MR) is 101 cm³/mol. The molecule has 0 aromatic heterocycles. The van der Waals surface area contributed by atoms with Crippen LogP contribution in [0.25, 0.3) is 21.5 Å². The Bertz CT molecular complexity index is 887. The van der Waals surface area contributed by atoms with E-state index in [2.05, 4.69) is 60.7 Å². The summed E-state index contributed by atoms with van der Waals surface area (Å²) in [7, 11) is 0. The van der Waals surface area contributed by atoms with Crippen molar-refractivity contribution in [2.75, 3.05) is 0 Å². The zero-order valence-electron chi connectivity index (χ0n) is 14.6. The van der Waals surface area contributed by atoms with Crippen LogP contribution >= 0.6 is 0 Å². The molecule has 1 aliphatic rings. The molecule has 1 fully saturated rings. The first-order valence-electron chi connectivity index (χ1n) is 8.68. The van der Waals surface area contributed by atoms with Crippen molar-refractivity contribution in [2.24, 2.45) is 0 Å². The lowest BCUT2D eigenvalue weighted by Gasteiger charge is -2.37. The molecule has 142 valence electrons. The zero-order chi connectivity index (χ0) is 19.6. The topological polar surface area (TPSA) is 118 Å². The van der Waals surface area contributed by atoms with Crippen LogP contribution in [0, 0.1) is 0 Å². The number of benzene rings is 3. The minimum Gasteiger partial charge on any atom is -0.479 e. The van der Waals surface area contributed by atoms with E-state index in [1.807, 2.05) is 0 Å². The molecule has 0 bridgehead atoms. The van der Waals surface area contributed by atoms with Gasteiger partial charge in [-0.2, -0.15) is 0 Å². The monoisotopic (exact) mass is 370 g/mol. The van der Waals surface area contributed by atoms with Crippen molar-refractivity contribution in [2.45, 2.75) is 36.8 Å². The Labute approximate surface area is 155 Å². The van der Waals surface area contributed by atoms with Crippen molar-refractivity contribution in [3.63, 3.8) is 0 Å². The molecule has 4 rings (SSSR count). The summed E-state index contributed by atoms with van der Waals surface area (Å²) >= 11 is 0. The maximum Gasteiger partial charge on any atom is 0.335 e. The lowest BCUT2D eigenvalue weighted by molar-refractivity contribution is -0.187. The van der Waals surface area contributed by atoms with Crippen LogP contribution in [0.1, 0.15) is 12.8 Å². The van der Waals surface area contributed by atoms with Gasteiger partial charge in [-0.05, 0) is 21.5 Å². The van der Waals surface area contributed by atoms with Crippen LogP contribution in [0.2, 0.25) is 0 Å². The van der Waals surface area contributed by atoms with E-state index < -0.39 is 42.7 Å². The minimum atomic E-state index is -2.14. The van der Waals surface area contributed by atoms with Crippen LogP contribution < -0.4 is 0 Å². The highest BCUT2D eigenvalue weighted by Crippen LogP contribution is 2.29. The van der Waals surface area contributed by atoms with Crippen LogP contribution in [0.3, 0.4) is 0 Å². The Balaban J connectivity index is 0.000000157. The van der Waals surface area contributed by atoms with Crippen LogP contribution in [-0.4, -0.2) is 55.4 Å². The smallest absolute Gasteiger partial charge is 0.335 e. The molecular formula is C21H22O6. The van der Waals surface area contributed by atoms with Crippen molar-refractivity contribution in [3.05, 3.63) is 60.7 Å². The highest BCUT2D eigenvalue weighted by Gasteiger charge is 2.48. The SMILES string of the molecule is O=C(O)C1(O)C[C@@H](O)C(O)[C@H](O)C1.c1ccc2c(c1)ccc1ccccc12. The second-order valence-electron chi connectivity index (χ2n) is 6.88. The highest BCUT2D eigenvalue weighted by molar-refractivity contribution is 6.07. The van der Waals surface area contributed by atoms with E-state index in [1.54, 1.807) is 0 Å². The number of hydrogen-bond donors (Lipinski definition) is 5. The van der Waals surface area contributed by atoms with Crippen molar-refractivity contribution < 1.29 is 30.3 Å². The average Bonchev–Trinajstić information content (AvgIpc) is 2.66. The molecule has 0 saturated heterocycles. The summed E-state index contributed by atoms with van der Waals surface area (Å²) in [6, 6.07) is 21.4. The summed E-state index contributed by atoms with van der Waals surface area (Å²) in [4.78, 5) is 10.5. The van der Waals surface area contributed by atoms with Gasteiger partial charge < -0.3 is 25.5 Å². The standard InChI is InChI=1S/C14H10.C7H12O6/c1-3-7-13-11(5-1)9-10-12-6-2-4-8-14(12)13;8-3-1-7(13,6(11)12)2-4(9)5(3)10/h1-10H;3-5,8-10,13H,1-2H2,(H,11,12)/t;3-,4-,5?,7?/m.1/s1. The van der Waals surface area contributed by atoms with E-state index in [0.29, 0.717) is 0 Å². The van der Waals surface area contributed by atoms with Gasteiger partial charge in [0.15, 0.2) is 5.60 Å². The molecule has 3 aromatic rings. The van der Waals surface area contributed by atoms with Crippen molar-refractivity contribution >= 4 is 27.5 Å². The fourth-order valence-electron chi connectivity index (χ4n) is 3.40. The average molecular weight is 370 g/mol. The summed E-state index contributed by atoms with van der Waals surface area (Å²) in [6.07, 6.45) is -5.16. The molecule has 5 N–H and O–H groups in total. The molecule has 2 atom stereocenters. The summed E-state index contributed by atoms with van der Waals surface area (Å²) in [5, 5.41) is 50.5. The molecule has 6 nitrogen and oxygen atoms in total. The summed E-state index contributed by atoms with van der Waals surface area (Å²) in [6.45, 7) is 0. The molecule has 0 radical (unpaired) electrons. The molecule has 1 saturated carbocycles. The third-order valence-electron chi connectivity index (χ3n) is 4.93. The third-order valence-corrected chi connectivity index (χ3v) is 4.93. The molecule has 6 heteroatoms. The number of hydrogen-bond acceptors (Lipinski definition) is 5. The van der Waals surface area contributed by atoms with E-state index in [0.717, 1.165) is 0 Å². The molecule has 0 unspecified atom stereocenters. The largest absolute Gasteiger partial charge is 0.479 e. The Hall–Kier alpha value is -2.51. The van der Waals surface area contributed by atoms with E-state index in [9.17, 15) is 9.90 Å². The van der Waals surface area contributed by atoms with E-state index >= 15 is 0 Å². The maximum absolute atomic E-state index is 10.5. The van der Waals surface area contributed by atoms with Gasteiger partial charge in [-0.1, -0.05) is 60.7 Å². The lowest BCUT2D eigenvalue weighted by atomic mass is 9.80. The van der Waals surface area contributed by atoms with Gasteiger partial charge in [-0.25, -0.2) is 4.79 Å². The molecule has 0 aliphatic heterocycles. The second kappa shape index (κ2) is 7.62. The number of fused-ring (bicyclic) bond motifs is 3. The fraction of sp³-hybridized carbons (Fsp3) is 0.286. The summed E-state index contributed by atoms with van der Waals surface area (Å²) < 4.78 is 0. The van der Waals surface area contributed by atoms with Gasteiger partial charge in [0.1, 0.15) is 6.10 Å². The Kier molecular flexibility index (Phi) is 5.43. The zero-order valence-corrected chi connectivity index (χ0v) is 14.6. The van der Waals surface area contributed by atoms with Gasteiger partial charge in [-0.15, -0.1) is 0 Å². The van der Waals surface area contributed by atoms with Crippen LogP contribution in [0.5, 0.6) is 0 Å². The molecule has 0 spiro atoms. The van der Waals surface area contributed by atoms with E-state index in [1.165, 1.54) is 21.5 Å². The Morgan fingerprint density at radius 2 is 1.19 bits per heavy atom. The molecule has 27 heavy (non-hydrogen) atoms. The molecule has 3 aromatic carbocycles. The predicted octanol–water partition coefficient (Wildman–Crippen LogP) is 1.67. The van der Waals surface area contributed by atoms with Gasteiger partial charge in [0.2, 0.25) is 0 Å². The number of carbonyl (C=O) groups is 1. The van der Waals surface area contributed by atoms with Crippen molar-refractivity contribution in [1.29, 1.82) is 0 Å². The second-order valence-corrected chi connectivity index (χ2v) is 6.88. The first-order valence-corrected chi connectivity index (χ1v) is 8.68. The quantitative estimate of drug-likeness (QED) is 0.416. The summed E-state index contributed by atoms with van der Waals surface area (Å²) in [5.74, 6) is -1.50. The van der Waals surface area contributed by atoms with Crippen molar-refractivity contribution in [1.82, 2.24) is 0 Å². The minimum absolute atomic E-state index is 0.472. The highest BCUT2D eigenvalue weighted by atomic mass is 16.4. The number of aliphatic carboxylic acids is 1. The first-order chi connectivity index (χ1) is 12.8. The van der Waals surface area contributed by atoms with Gasteiger partial charge in [0.25, 0.3) is 0 Å². The molecule has 0 heterocycles. The number of aliphatic hydroxyl groups excluding tert-OH is 3. The van der Waals surface area contributed by atoms with Gasteiger partial charge in [0, 0.05) is 12.8 Å². The summed E-state index contributed by atoms with van der Waals surface area (Å²) in [5.41, 5.74) is -2.14. The number of carboxylic acid groups (broad SMARTS) is 1. The first kappa shape index (κ1) is 19.3. The van der Waals surface area contributed by atoms with Gasteiger partial charge in [-0.3, -0.25) is 0 Å². The number of aliphatic hydroxyl groups is 4.